The van der Waals surface area contributed by atoms with Crippen LogP contribution in [-0.2, 0) is 6.54 Å². The van der Waals surface area contributed by atoms with E-state index in [1.54, 1.807) is 11.3 Å². The minimum absolute atomic E-state index is 0.334. The lowest BCUT2D eigenvalue weighted by molar-refractivity contribution is 0.186. The molecule has 0 bridgehead atoms. The van der Waals surface area contributed by atoms with Crippen LogP contribution in [0.25, 0.3) is 10.8 Å². The summed E-state index contributed by atoms with van der Waals surface area (Å²) in [5.41, 5.74) is 2.69. The van der Waals surface area contributed by atoms with Crippen molar-refractivity contribution in [2.75, 3.05) is 13.1 Å². The van der Waals surface area contributed by atoms with Crippen LogP contribution in [0.1, 0.15) is 40.7 Å². The van der Waals surface area contributed by atoms with Crippen LogP contribution in [0.3, 0.4) is 0 Å². The summed E-state index contributed by atoms with van der Waals surface area (Å²) in [4.78, 5) is 4.82. The molecule has 25 heavy (non-hydrogen) atoms. The molecule has 1 aliphatic heterocycles. The van der Waals surface area contributed by atoms with Crippen LogP contribution < -0.4 is 0 Å². The number of nitrogens with zero attached hydrogens (tertiary/aromatic N) is 3. The van der Waals surface area contributed by atoms with Crippen LogP contribution in [0.15, 0.2) is 40.8 Å². The van der Waals surface area contributed by atoms with Crippen LogP contribution in [0.2, 0.25) is 0 Å². The van der Waals surface area contributed by atoms with Crippen molar-refractivity contribution in [1.82, 2.24) is 15.1 Å². The van der Waals surface area contributed by atoms with Crippen LogP contribution in [0.4, 0.5) is 0 Å². The van der Waals surface area contributed by atoms with E-state index >= 15 is 0 Å². The highest BCUT2D eigenvalue weighted by Gasteiger charge is 2.26. The largest absolute Gasteiger partial charge is 0.420 e. The zero-order valence-corrected chi connectivity index (χ0v) is 15.6. The molecule has 3 aromatic rings. The Balaban J connectivity index is 1.45. The predicted octanol–water partition coefficient (Wildman–Crippen LogP) is 4.79. The van der Waals surface area contributed by atoms with Gasteiger partial charge in [0.2, 0.25) is 5.89 Å². The third-order valence-electron chi connectivity index (χ3n) is 4.74. The first-order chi connectivity index (χ1) is 12.2. The van der Waals surface area contributed by atoms with Crippen LogP contribution in [0, 0.1) is 13.8 Å². The first kappa shape index (κ1) is 16.5. The van der Waals surface area contributed by atoms with E-state index in [0.29, 0.717) is 11.8 Å². The Bertz CT molecular complexity index is 854. The second kappa shape index (κ2) is 7.10. The van der Waals surface area contributed by atoms with E-state index in [9.17, 15) is 0 Å². The lowest BCUT2D eigenvalue weighted by Gasteiger charge is -2.31. The number of benzene rings is 1. The Morgan fingerprint density at radius 2 is 2.12 bits per heavy atom. The number of rotatable bonds is 4. The van der Waals surface area contributed by atoms with E-state index < -0.39 is 0 Å². The molecule has 0 spiro atoms. The van der Waals surface area contributed by atoms with Crippen LogP contribution >= 0.6 is 11.3 Å². The number of thiophene rings is 1. The normalized spacial score (nSPS) is 18.6. The van der Waals surface area contributed by atoms with Gasteiger partial charge in [0.25, 0.3) is 5.89 Å². The van der Waals surface area contributed by atoms with E-state index in [0.717, 1.165) is 36.8 Å². The van der Waals surface area contributed by atoms with E-state index in [-0.39, 0.29) is 0 Å². The topological polar surface area (TPSA) is 42.2 Å². The number of piperidine rings is 1. The summed E-state index contributed by atoms with van der Waals surface area (Å²) in [6, 6.07) is 12.9. The molecule has 0 N–H and O–H groups in total. The number of hydrogen-bond acceptors (Lipinski definition) is 5. The summed E-state index contributed by atoms with van der Waals surface area (Å²) in [6.07, 6.45) is 2.29. The Morgan fingerprint density at radius 3 is 2.92 bits per heavy atom. The maximum absolute atomic E-state index is 6.00. The summed E-state index contributed by atoms with van der Waals surface area (Å²) in [6.45, 7) is 7.35. The van der Waals surface area contributed by atoms with Crippen molar-refractivity contribution >= 4 is 11.3 Å². The minimum atomic E-state index is 0.334. The Kier molecular flexibility index (Phi) is 4.68. The molecule has 1 saturated heterocycles. The van der Waals surface area contributed by atoms with E-state index in [1.807, 2.05) is 0 Å². The van der Waals surface area contributed by atoms with Gasteiger partial charge < -0.3 is 4.42 Å². The van der Waals surface area contributed by atoms with Gasteiger partial charge in [0.1, 0.15) is 0 Å². The molecule has 0 amide bonds. The maximum Gasteiger partial charge on any atom is 0.257 e. The summed E-state index contributed by atoms with van der Waals surface area (Å²) in [7, 11) is 0. The van der Waals surface area contributed by atoms with Gasteiger partial charge in [-0.2, -0.15) is 0 Å². The van der Waals surface area contributed by atoms with Gasteiger partial charge in [-0.3, -0.25) is 4.90 Å². The van der Waals surface area contributed by atoms with Gasteiger partial charge in [0.05, 0.1) is 10.8 Å². The summed E-state index contributed by atoms with van der Waals surface area (Å²) in [5, 5.41) is 8.62. The van der Waals surface area contributed by atoms with Crippen molar-refractivity contribution in [3.8, 4) is 10.8 Å². The molecule has 1 atom stereocenters. The molecule has 0 saturated carbocycles. The SMILES string of the molecule is Cc1cccc(CN2CCCC(c3nnc(-c4ccc(C)s4)o3)C2)c1. The minimum Gasteiger partial charge on any atom is -0.420 e. The van der Waals surface area contributed by atoms with Gasteiger partial charge in [0.15, 0.2) is 0 Å². The monoisotopic (exact) mass is 353 g/mol. The zero-order valence-electron chi connectivity index (χ0n) is 14.7. The first-order valence-corrected chi connectivity index (χ1v) is 9.67. The van der Waals surface area contributed by atoms with Crippen molar-refractivity contribution in [2.24, 2.45) is 0 Å². The molecule has 1 fully saturated rings. The summed E-state index contributed by atoms with van der Waals surface area (Å²) >= 11 is 1.70. The molecule has 4 nitrogen and oxygen atoms in total. The Hall–Kier alpha value is -1.98. The maximum atomic E-state index is 6.00. The van der Waals surface area contributed by atoms with E-state index in [4.69, 9.17) is 4.42 Å². The fourth-order valence-electron chi connectivity index (χ4n) is 3.52. The quantitative estimate of drug-likeness (QED) is 0.676. The van der Waals surface area contributed by atoms with Crippen molar-refractivity contribution in [3.63, 3.8) is 0 Å². The van der Waals surface area contributed by atoms with E-state index in [1.165, 1.54) is 22.4 Å². The summed E-state index contributed by atoms with van der Waals surface area (Å²) in [5.74, 6) is 1.78. The lowest BCUT2D eigenvalue weighted by atomic mass is 9.97. The lowest BCUT2D eigenvalue weighted by Crippen LogP contribution is -2.34. The van der Waals surface area contributed by atoms with Crippen molar-refractivity contribution in [2.45, 2.75) is 39.2 Å². The number of likely N-dealkylation sites (tertiary alicyclic amines) is 1. The van der Waals surface area contributed by atoms with Crippen molar-refractivity contribution < 1.29 is 4.42 Å². The number of hydrogen-bond donors (Lipinski definition) is 0. The first-order valence-electron chi connectivity index (χ1n) is 8.85. The predicted molar refractivity (Wildman–Crippen MR) is 101 cm³/mol. The Labute approximate surface area is 152 Å². The second-order valence-electron chi connectivity index (χ2n) is 6.92. The molecule has 1 aliphatic rings. The van der Waals surface area contributed by atoms with Gasteiger partial charge in [-0.1, -0.05) is 29.8 Å². The average molecular weight is 353 g/mol. The number of aromatic nitrogens is 2. The molecule has 0 aliphatic carbocycles. The molecule has 1 unspecified atom stereocenters. The van der Waals surface area contributed by atoms with Gasteiger partial charge in [-0.05, 0) is 50.9 Å². The highest BCUT2D eigenvalue weighted by Crippen LogP contribution is 2.31. The second-order valence-corrected chi connectivity index (χ2v) is 8.21. The molecular formula is C20H23N3OS. The summed E-state index contributed by atoms with van der Waals surface area (Å²) < 4.78 is 6.00. The van der Waals surface area contributed by atoms with Gasteiger partial charge in [-0.15, -0.1) is 21.5 Å². The van der Waals surface area contributed by atoms with Crippen molar-refractivity contribution in [1.29, 1.82) is 0 Å². The molecule has 5 heteroatoms. The Morgan fingerprint density at radius 1 is 1.20 bits per heavy atom. The van der Waals surface area contributed by atoms with Gasteiger partial charge in [-0.25, -0.2) is 0 Å². The highest BCUT2D eigenvalue weighted by molar-refractivity contribution is 7.15. The smallest absolute Gasteiger partial charge is 0.257 e. The standard InChI is InChI=1S/C20H23N3OS/c1-14-5-3-6-16(11-14)12-23-10-4-7-17(13-23)19-21-22-20(24-19)18-9-8-15(2)25-18/h3,5-6,8-9,11,17H,4,7,10,12-13H2,1-2H3. The molecule has 130 valence electrons. The zero-order chi connectivity index (χ0) is 17.2. The third-order valence-corrected chi connectivity index (χ3v) is 5.72. The molecule has 4 rings (SSSR count). The molecule has 1 aromatic carbocycles. The molecular weight excluding hydrogens is 330 g/mol. The van der Waals surface area contributed by atoms with Gasteiger partial charge in [0, 0.05) is 18.0 Å². The average Bonchev–Trinajstić information content (AvgIpc) is 3.24. The van der Waals surface area contributed by atoms with E-state index in [2.05, 4.69) is 65.3 Å². The number of aryl methyl sites for hydroxylation is 2. The highest BCUT2D eigenvalue weighted by atomic mass is 32.1. The van der Waals surface area contributed by atoms with Crippen LogP contribution in [-0.4, -0.2) is 28.2 Å². The molecule has 3 heterocycles. The fraction of sp³-hybridized carbons (Fsp3) is 0.400. The third kappa shape index (κ3) is 3.83. The molecule has 0 radical (unpaired) electrons. The van der Waals surface area contributed by atoms with Gasteiger partial charge >= 0.3 is 0 Å². The fourth-order valence-corrected chi connectivity index (χ4v) is 4.31. The molecule has 2 aromatic heterocycles. The van der Waals surface area contributed by atoms with Crippen molar-refractivity contribution in [3.05, 3.63) is 58.3 Å². The van der Waals surface area contributed by atoms with Crippen LogP contribution in [0.5, 0.6) is 0 Å².